The fourth-order valence-electron chi connectivity index (χ4n) is 1.30. The first kappa shape index (κ1) is 7.87. The lowest BCUT2D eigenvalue weighted by Gasteiger charge is -2.02. The summed E-state index contributed by atoms with van der Waals surface area (Å²) in [5.41, 5.74) is 0.637. The summed E-state index contributed by atoms with van der Waals surface area (Å²) in [6, 6.07) is 5.42. The van der Waals surface area contributed by atoms with E-state index in [0.717, 1.165) is 0 Å². The molecule has 1 aliphatic rings. The Hall–Kier alpha value is -1.76. The average Bonchev–Trinajstić information content (AvgIpc) is 2.80. The number of aryl methyl sites for hydroxylation is 1. The first-order valence-electron chi connectivity index (χ1n) is 4.06. The lowest BCUT2D eigenvalue weighted by molar-refractivity contribution is 0.0871. The second kappa shape index (κ2) is 2.63. The van der Waals surface area contributed by atoms with E-state index in [0.29, 0.717) is 12.2 Å². The van der Waals surface area contributed by atoms with Crippen molar-refractivity contribution in [3.05, 3.63) is 24.0 Å². The van der Waals surface area contributed by atoms with E-state index in [1.807, 2.05) is 25.4 Å². The van der Waals surface area contributed by atoms with Gasteiger partial charge in [0.1, 0.15) is 11.7 Å². The predicted octanol–water partition coefficient (Wildman–Crippen LogP) is 0.373. The summed E-state index contributed by atoms with van der Waals surface area (Å²) in [6.07, 6.45) is 1.82. The van der Waals surface area contributed by atoms with Crippen molar-refractivity contribution in [3.63, 3.8) is 0 Å². The van der Waals surface area contributed by atoms with Crippen molar-refractivity contribution < 1.29 is 4.79 Å². The summed E-state index contributed by atoms with van der Waals surface area (Å²) in [7, 11) is 1.82. The molecule has 1 unspecified atom stereocenters. The minimum absolute atomic E-state index is 0.0564. The first-order valence-corrected chi connectivity index (χ1v) is 4.06. The van der Waals surface area contributed by atoms with E-state index < -0.39 is 0 Å². The molecule has 0 bridgehead atoms. The van der Waals surface area contributed by atoms with Crippen molar-refractivity contribution in [1.29, 1.82) is 5.26 Å². The molecule has 2 rings (SSSR count). The highest BCUT2D eigenvalue weighted by Gasteiger charge is 2.39. The number of carbonyl (C=O) groups is 1. The predicted molar refractivity (Wildman–Crippen MR) is 45.9 cm³/mol. The maximum atomic E-state index is 11.6. The van der Waals surface area contributed by atoms with Gasteiger partial charge >= 0.3 is 0 Å². The normalized spacial score (nSPS) is 19.7. The smallest absolute Gasteiger partial charge is 0.271 e. The third-order valence-corrected chi connectivity index (χ3v) is 2.19. The Morgan fingerprint density at radius 1 is 1.77 bits per heavy atom. The van der Waals surface area contributed by atoms with Crippen LogP contribution in [0.1, 0.15) is 10.5 Å². The fraction of sp³-hybridized carbons (Fsp3) is 0.333. The van der Waals surface area contributed by atoms with Crippen molar-refractivity contribution in [1.82, 2.24) is 9.47 Å². The van der Waals surface area contributed by atoms with Gasteiger partial charge in [-0.3, -0.25) is 4.79 Å². The van der Waals surface area contributed by atoms with Crippen LogP contribution in [0.25, 0.3) is 0 Å². The quantitative estimate of drug-likeness (QED) is 0.579. The number of amides is 1. The van der Waals surface area contributed by atoms with Crippen LogP contribution in [0.3, 0.4) is 0 Å². The minimum Gasteiger partial charge on any atom is -0.347 e. The molecule has 2 heterocycles. The number of hydrogen-bond acceptors (Lipinski definition) is 2. The number of rotatable bonds is 1. The van der Waals surface area contributed by atoms with E-state index in [1.165, 1.54) is 0 Å². The number of carbonyl (C=O) groups excluding carboxylic acids is 1. The van der Waals surface area contributed by atoms with Crippen molar-refractivity contribution in [2.75, 3.05) is 6.54 Å². The molecule has 13 heavy (non-hydrogen) atoms. The molecular formula is C9H9N3O. The van der Waals surface area contributed by atoms with Crippen molar-refractivity contribution in [3.8, 4) is 6.07 Å². The van der Waals surface area contributed by atoms with Crippen molar-refractivity contribution in [2.24, 2.45) is 7.05 Å². The van der Waals surface area contributed by atoms with E-state index in [9.17, 15) is 4.79 Å². The Labute approximate surface area is 76.0 Å². The van der Waals surface area contributed by atoms with Crippen molar-refractivity contribution >= 4 is 5.91 Å². The lowest BCUT2D eigenvalue weighted by Crippen LogP contribution is -2.16. The van der Waals surface area contributed by atoms with E-state index in [4.69, 9.17) is 5.26 Å². The Morgan fingerprint density at radius 2 is 2.54 bits per heavy atom. The zero-order valence-electron chi connectivity index (χ0n) is 7.27. The lowest BCUT2D eigenvalue weighted by atomic mass is 10.4. The molecule has 66 valence electrons. The summed E-state index contributed by atoms with van der Waals surface area (Å²) in [6.45, 7) is 0.570. The van der Waals surface area contributed by atoms with Crippen LogP contribution in [0.5, 0.6) is 0 Å². The molecule has 4 nitrogen and oxygen atoms in total. The summed E-state index contributed by atoms with van der Waals surface area (Å²) in [5.74, 6) is -0.0564. The monoisotopic (exact) mass is 175 g/mol. The van der Waals surface area contributed by atoms with Crippen LogP contribution in [0.15, 0.2) is 18.3 Å². The Kier molecular flexibility index (Phi) is 1.59. The van der Waals surface area contributed by atoms with Gasteiger partial charge in [-0.05, 0) is 12.1 Å². The van der Waals surface area contributed by atoms with E-state index in [2.05, 4.69) is 0 Å². The molecule has 0 spiro atoms. The molecule has 1 atom stereocenters. The summed E-state index contributed by atoms with van der Waals surface area (Å²) in [5, 5.41) is 8.54. The highest BCUT2D eigenvalue weighted by Crippen LogP contribution is 2.19. The second-order valence-electron chi connectivity index (χ2n) is 3.11. The number of hydrogen-bond donors (Lipinski definition) is 0. The highest BCUT2D eigenvalue weighted by atomic mass is 16.2. The van der Waals surface area contributed by atoms with Crippen LogP contribution in [-0.4, -0.2) is 28.0 Å². The minimum atomic E-state index is -0.206. The number of nitriles is 1. The second-order valence-corrected chi connectivity index (χ2v) is 3.11. The largest absolute Gasteiger partial charge is 0.347 e. The van der Waals surface area contributed by atoms with Gasteiger partial charge < -0.3 is 9.47 Å². The molecule has 1 saturated heterocycles. The van der Waals surface area contributed by atoms with E-state index >= 15 is 0 Å². The van der Waals surface area contributed by atoms with Crippen LogP contribution in [0.2, 0.25) is 0 Å². The third kappa shape index (κ3) is 1.18. The van der Waals surface area contributed by atoms with Gasteiger partial charge in [-0.15, -0.1) is 0 Å². The van der Waals surface area contributed by atoms with Gasteiger partial charge in [-0.1, -0.05) is 0 Å². The molecule has 1 fully saturated rings. The molecule has 1 aromatic rings. The topological polar surface area (TPSA) is 48.8 Å². The summed E-state index contributed by atoms with van der Waals surface area (Å²) < 4.78 is 1.76. The Bertz CT molecular complexity index is 388. The van der Waals surface area contributed by atoms with Crippen LogP contribution in [0.4, 0.5) is 0 Å². The van der Waals surface area contributed by atoms with Crippen molar-refractivity contribution in [2.45, 2.75) is 6.04 Å². The molecule has 1 aliphatic heterocycles. The van der Waals surface area contributed by atoms with Gasteiger partial charge in [-0.2, -0.15) is 5.26 Å². The molecule has 0 aromatic carbocycles. The van der Waals surface area contributed by atoms with Gasteiger partial charge in [0.15, 0.2) is 0 Å². The molecule has 1 aromatic heterocycles. The average molecular weight is 175 g/mol. The standard InChI is InChI=1S/C9H9N3O/c1-11-4-2-3-8(11)9(13)12-6-7(12)5-10/h2-4,7H,6H2,1H3. The SMILES string of the molecule is Cn1cccc1C(=O)N1CC1C#N. The Morgan fingerprint density at radius 3 is 3.00 bits per heavy atom. The molecule has 4 heteroatoms. The van der Waals surface area contributed by atoms with E-state index in [-0.39, 0.29) is 11.9 Å². The maximum absolute atomic E-state index is 11.6. The van der Waals surface area contributed by atoms with Crippen LogP contribution < -0.4 is 0 Å². The van der Waals surface area contributed by atoms with Crippen LogP contribution >= 0.6 is 0 Å². The molecule has 0 N–H and O–H groups in total. The van der Waals surface area contributed by atoms with Crippen LogP contribution in [-0.2, 0) is 7.05 Å². The van der Waals surface area contributed by atoms with E-state index in [1.54, 1.807) is 15.5 Å². The van der Waals surface area contributed by atoms with Gasteiger partial charge in [0, 0.05) is 13.2 Å². The highest BCUT2D eigenvalue weighted by molar-refractivity contribution is 5.94. The molecule has 1 amide bonds. The zero-order valence-corrected chi connectivity index (χ0v) is 7.27. The first-order chi connectivity index (χ1) is 6.24. The molecular weight excluding hydrogens is 166 g/mol. The van der Waals surface area contributed by atoms with Gasteiger partial charge in [0.25, 0.3) is 5.91 Å². The molecule has 0 radical (unpaired) electrons. The number of nitrogens with zero attached hydrogens (tertiary/aromatic N) is 3. The summed E-state index contributed by atoms with van der Waals surface area (Å²) in [4.78, 5) is 13.2. The fourth-order valence-corrected chi connectivity index (χ4v) is 1.30. The third-order valence-electron chi connectivity index (χ3n) is 2.19. The molecule has 0 aliphatic carbocycles. The van der Waals surface area contributed by atoms with Gasteiger partial charge in [0.2, 0.25) is 0 Å². The van der Waals surface area contributed by atoms with Gasteiger partial charge in [0.05, 0.1) is 12.6 Å². The van der Waals surface area contributed by atoms with Gasteiger partial charge in [-0.25, -0.2) is 0 Å². The summed E-state index contributed by atoms with van der Waals surface area (Å²) >= 11 is 0. The van der Waals surface area contributed by atoms with Crippen LogP contribution in [0, 0.1) is 11.3 Å². The Balaban J connectivity index is 2.17. The maximum Gasteiger partial charge on any atom is 0.271 e. The zero-order chi connectivity index (χ0) is 9.42. The number of aromatic nitrogens is 1. The molecule has 0 saturated carbocycles.